The van der Waals surface area contributed by atoms with Crippen molar-refractivity contribution in [2.24, 2.45) is 0 Å². The molecular weight excluding hydrogens is 521 g/mol. The third-order valence-corrected chi connectivity index (χ3v) is 6.15. The fraction of sp³-hybridized carbons (Fsp3) is 0.214. The average Bonchev–Trinajstić information content (AvgIpc) is 3.28. The largest absolute Gasteiger partial charge is 0.416 e. The summed E-state index contributed by atoms with van der Waals surface area (Å²) in [6, 6.07) is 12.1. The Morgan fingerprint density at radius 2 is 1.72 bits per heavy atom. The van der Waals surface area contributed by atoms with E-state index in [9.17, 15) is 31.5 Å². The maximum absolute atomic E-state index is 14.5. The van der Waals surface area contributed by atoms with Crippen LogP contribution in [0.4, 0.5) is 32.4 Å². The van der Waals surface area contributed by atoms with Gasteiger partial charge in [0.15, 0.2) is 5.75 Å². The molecule has 0 atom stereocenters. The molecule has 1 heterocycles. The van der Waals surface area contributed by atoms with Crippen LogP contribution < -0.4 is 10.1 Å². The monoisotopic (exact) mass is 545 g/mol. The summed E-state index contributed by atoms with van der Waals surface area (Å²) in [5, 5.41) is 2.81. The van der Waals surface area contributed by atoms with Gasteiger partial charge in [-0.15, -0.1) is 0 Å². The zero-order chi connectivity index (χ0) is 28.3. The topological polar surface area (TPSA) is 63.6 Å². The highest BCUT2D eigenvalue weighted by molar-refractivity contribution is 6.11. The van der Waals surface area contributed by atoms with Crippen LogP contribution in [-0.4, -0.2) is 34.6 Å². The molecule has 4 rings (SSSR count). The van der Waals surface area contributed by atoms with Crippen molar-refractivity contribution in [3.63, 3.8) is 0 Å². The van der Waals surface area contributed by atoms with Crippen LogP contribution in [-0.2, 0) is 12.7 Å². The zero-order valence-electron chi connectivity index (χ0n) is 21.0. The number of hydrogen-bond acceptors (Lipinski definition) is 3. The van der Waals surface area contributed by atoms with Crippen LogP contribution in [0.3, 0.4) is 0 Å². The Morgan fingerprint density at radius 1 is 0.974 bits per heavy atom. The van der Waals surface area contributed by atoms with Crippen molar-refractivity contribution >= 4 is 28.6 Å². The van der Waals surface area contributed by atoms with E-state index in [1.165, 1.54) is 23.1 Å². The van der Waals surface area contributed by atoms with E-state index in [2.05, 4.69) is 5.32 Å². The van der Waals surface area contributed by atoms with Gasteiger partial charge in [0.2, 0.25) is 0 Å². The van der Waals surface area contributed by atoms with Crippen LogP contribution in [0.2, 0.25) is 0 Å². The number of carbonyl (C=O) groups excluding carboxylic acids is 2. The molecule has 0 aliphatic carbocycles. The third kappa shape index (κ3) is 6.02. The van der Waals surface area contributed by atoms with E-state index < -0.39 is 40.9 Å². The molecule has 204 valence electrons. The number of nitrogens with one attached hydrogen (secondary N) is 1. The van der Waals surface area contributed by atoms with Crippen molar-refractivity contribution in [1.82, 2.24) is 9.47 Å². The number of carbonyl (C=O) groups is 2. The molecule has 0 bridgehead atoms. The SMILES string of the molecule is CCN(CC)C(=O)Oc1ccc2c(ccn2Cc2cccc(F)c2)c1NC(=O)c1cc(C(F)(F)F)ccc1F. The average molecular weight is 546 g/mol. The summed E-state index contributed by atoms with van der Waals surface area (Å²) in [4.78, 5) is 27.1. The van der Waals surface area contributed by atoms with E-state index >= 15 is 0 Å². The first-order valence-electron chi connectivity index (χ1n) is 12.0. The Hall–Kier alpha value is -4.41. The number of fused-ring (bicyclic) bond motifs is 1. The standard InChI is InChI=1S/C28H24F5N3O3/c1-3-35(4-2)27(38)39-24-11-10-23-20(12-13-36(23)16-17-6-5-7-19(29)14-17)25(24)34-26(37)21-15-18(28(31,32)33)8-9-22(21)30/h5-15H,3-4,16H2,1-2H3,(H,34,37). The first-order chi connectivity index (χ1) is 18.5. The summed E-state index contributed by atoms with van der Waals surface area (Å²) in [5.41, 5.74) is -0.862. The van der Waals surface area contributed by atoms with Crippen LogP contribution in [0.25, 0.3) is 10.9 Å². The van der Waals surface area contributed by atoms with Gasteiger partial charge < -0.3 is 19.5 Å². The lowest BCUT2D eigenvalue weighted by Crippen LogP contribution is -2.33. The molecule has 39 heavy (non-hydrogen) atoms. The molecule has 0 aliphatic heterocycles. The van der Waals surface area contributed by atoms with Gasteiger partial charge in [-0.05, 0) is 67.9 Å². The molecule has 4 aromatic rings. The van der Waals surface area contributed by atoms with Gasteiger partial charge in [0.05, 0.1) is 22.3 Å². The lowest BCUT2D eigenvalue weighted by molar-refractivity contribution is -0.137. The highest BCUT2D eigenvalue weighted by atomic mass is 19.4. The van der Waals surface area contributed by atoms with E-state index in [0.29, 0.717) is 47.8 Å². The predicted octanol–water partition coefficient (Wildman–Crippen LogP) is 7.08. The predicted molar refractivity (Wildman–Crippen MR) is 136 cm³/mol. The quantitative estimate of drug-likeness (QED) is 0.253. The van der Waals surface area contributed by atoms with Gasteiger partial charge in [-0.2, -0.15) is 13.2 Å². The Balaban J connectivity index is 1.77. The van der Waals surface area contributed by atoms with Crippen molar-refractivity contribution in [1.29, 1.82) is 0 Å². The molecule has 1 aromatic heterocycles. The van der Waals surface area contributed by atoms with Gasteiger partial charge in [-0.25, -0.2) is 13.6 Å². The van der Waals surface area contributed by atoms with Crippen LogP contribution >= 0.6 is 0 Å². The molecule has 0 spiro atoms. The number of nitrogens with zero attached hydrogens (tertiary/aromatic N) is 2. The van der Waals surface area contributed by atoms with Crippen molar-refractivity contribution < 1.29 is 36.3 Å². The lowest BCUT2D eigenvalue weighted by atomic mass is 10.1. The van der Waals surface area contributed by atoms with E-state index in [4.69, 9.17) is 4.74 Å². The highest BCUT2D eigenvalue weighted by Gasteiger charge is 2.32. The van der Waals surface area contributed by atoms with E-state index in [1.54, 1.807) is 48.9 Å². The summed E-state index contributed by atoms with van der Waals surface area (Å²) in [6.45, 7) is 4.45. The molecule has 6 nitrogen and oxygen atoms in total. The number of aromatic nitrogens is 1. The van der Waals surface area contributed by atoms with Gasteiger partial charge >= 0.3 is 12.3 Å². The van der Waals surface area contributed by atoms with Gasteiger partial charge in [-0.1, -0.05) is 12.1 Å². The maximum atomic E-state index is 14.5. The Labute approximate surface area is 220 Å². The van der Waals surface area contributed by atoms with E-state index in [1.807, 2.05) is 0 Å². The fourth-order valence-electron chi connectivity index (χ4n) is 4.13. The van der Waals surface area contributed by atoms with Gasteiger partial charge in [0.25, 0.3) is 5.91 Å². The highest BCUT2D eigenvalue weighted by Crippen LogP contribution is 2.36. The molecule has 1 N–H and O–H groups in total. The smallest absolute Gasteiger partial charge is 0.408 e. The third-order valence-electron chi connectivity index (χ3n) is 6.15. The minimum absolute atomic E-state index is 0.0344. The second-order valence-corrected chi connectivity index (χ2v) is 8.63. The number of halogens is 5. The Bertz CT molecular complexity index is 1530. The van der Waals surface area contributed by atoms with E-state index in [0.717, 1.165) is 0 Å². The van der Waals surface area contributed by atoms with Gasteiger partial charge in [0, 0.05) is 31.2 Å². The maximum Gasteiger partial charge on any atom is 0.416 e. The summed E-state index contributed by atoms with van der Waals surface area (Å²) >= 11 is 0. The van der Waals surface area contributed by atoms with Crippen LogP contribution in [0.1, 0.15) is 35.3 Å². The van der Waals surface area contributed by atoms with Crippen molar-refractivity contribution in [3.05, 3.63) is 95.2 Å². The Morgan fingerprint density at radius 3 is 2.38 bits per heavy atom. The van der Waals surface area contributed by atoms with E-state index in [-0.39, 0.29) is 18.0 Å². The molecule has 0 unspecified atom stereocenters. The summed E-state index contributed by atoms with van der Waals surface area (Å²) < 4.78 is 75.1. The van der Waals surface area contributed by atoms with Crippen molar-refractivity contribution in [2.75, 3.05) is 18.4 Å². The second-order valence-electron chi connectivity index (χ2n) is 8.63. The molecule has 3 aromatic carbocycles. The fourth-order valence-corrected chi connectivity index (χ4v) is 4.13. The lowest BCUT2D eigenvalue weighted by Gasteiger charge is -2.20. The van der Waals surface area contributed by atoms with Crippen LogP contribution in [0.5, 0.6) is 5.75 Å². The second kappa shape index (κ2) is 11.1. The molecule has 0 aliphatic rings. The first kappa shape index (κ1) is 27.6. The molecule has 0 radical (unpaired) electrons. The van der Waals surface area contributed by atoms with Gasteiger partial charge in [0.1, 0.15) is 11.6 Å². The van der Waals surface area contributed by atoms with Crippen LogP contribution in [0, 0.1) is 11.6 Å². The number of hydrogen-bond donors (Lipinski definition) is 1. The summed E-state index contributed by atoms with van der Waals surface area (Å²) in [7, 11) is 0. The van der Waals surface area contributed by atoms with Crippen molar-refractivity contribution in [3.8, 4) is 5.75 Å². The number of anilines is 1. The number of benzene rings is 3. The molecular formula is C28H24F5N3O3. The minimum atomic E-state index is -4.79. The molecule has 0 fully saturated rings. The number of alkyl halides is 3. The zero-order valence-corrected chi connectivity index (χ0v) is 21.0. The number of rotatable bonds is 7. The molecule has 0 saturated carbocycles. The Kier molecular flexibility index (Phi) is 7.89. The number of amides is 2. The van der Waals surface area contributed by atoms with Gasteiger partial charge in [-0.3, -0.25) is 4.79 Å². The summed E-state index contributed by atoms with van der Waals surface area (Å²) in [6.07, 6.45) is -3.84. The number of ether oxygens (including phenoxy) is 1. The molecule has 11 heteroatoms. The molecule has 0 saturated heterocycles. The van der Waals surface area contributed by atoms with Crippen molar-refractivity contribution in [2.45, 2.75) is 26.6 Å². The minimum Gasteiger partial charge on any atom is -0.408 e. The van der Waals surface area contributed by atoms with Crippen LogP contribution in [0.15, 0.2) is 66.9 Å². The first-order valence-corrected chi connectivity index (χ1v) is 12.0. The normalized spacial score (nSPS) is 11.5. The molecule has 2 amide bonds. The summed E-state index contributed by atoms with van der Waals surface area (Å²) in [5.74, 6) is -2.81.